The third-order valence-corrected chi connectivity index (χ3v) is 6.29. The van der Waals surface area contributed by atoms with Gasteiger partial charge in [0, 0.05) is 29.0 Å². The number of halogens is 1. The Morgan fingerprint density at radius 1 is 1.12 bits per heavy atom. The van der Waals surface area contributed by atoms with E-state index >= 15 is 0 Å². The van der Waals surface area contributed by atoms with Crippen molar-refractivity contribution in [2.75, 3.05) is 13.7 Å². The number of hydrogen-bond acceptors (Lipinski definition) is 5. The van der Waals surface area contributed by atoms with E-state index in [1.807, 2.05) is 31.2 Å². The maximum atomic E-state index is 14.9. The fraction of sp³-hybridized carbons (Fsp3) is 0.333. The van der Waals surface area contributed by atoms with Crippen molar-refractivity contribution in [2.45, 2.75) is 44.9 Å². The summed E-state index contributed by atoms with van der Waals surface area (Å²) in [5.74, 6) is -1.12. The van der Waals surface area contributed by atoms with Gasteiger partial charge in [-0.3, -0.25) is 4.79 Å². The zero-order chi connectivity index (χ0) is 23.5. The molecule has 2 aromatic carbocycles. The lowest BCUT2D eigenvalue weighted by Crippen LogP contribution is -2.36. The molecule has 2 atom stereocenters. The molecule has 4 rings (SSSR count). The molecular weight excluding hydrogens is 421 g/mol. The topological polar surface area (TPSA) is 64.6 Å². The summed E-state index contributed by atoms with van der Waals surface area (Å²) in [7, 11) is 1.61. The van der Waals surface area contributed by atoms with Gasteiger partial charge in [0.15, 0.2) is 5.78 Å². The fourth-order valence-corrected chi connectivity index (χ4v) is 4.71. The number of hydrogen-bond donors (Lipinski definition) is 1. The van der Waals surface area contributed by atoms with Crippen molar-refractivity contribution < 1.29 is 23.5 Å². The second-order valence-corrected chi connectivity index (χ2v) is 8.45. The first-order valence-electron chi connectivity index (χ1n) is 11.2. The summed E-state index contributed by atoms with van der Waals surface area (Å²) in [5, 5.41) is 3.29. The van der Waals surface area contributed by atoms with Crippen molar-refractivity contribution in [3.8, 4) is 5.75 Å². The number of ether oxygens (including phenoxy) is 2. The minimum absolute atomic E-state index is 0.0164. The summed E-state index contributed by atoms with van der Waals surface area (Å²) in [5.41, 5.74) is 3.43. The van der Waals surface area contributed by atoms with Crippen LogP contribution in [-0.4, -0.2) is 25.5 Å². The number of nitrogens with one attached hydrogen (secondary N) is 1. The zero-order valence-electron chi connectivity index (χ0n) is 19.1. The summed E-state index contributed by atoms with van der Waals surface area (Å²) >= 11 is 0. The molecule has 1 aliphatic heterocycles. The third kappa shape index (κ3) is 4.42. The highest BCUT2D eigenvalue weighted by molar-refractivity contribution is 6.04. The predicted octanol–water partition coefficient (Wildman–Crippen LogP) is 5.15. The number of dihydropyridines is 1. The highest BCUT2D eigenvalue weighted by atomic mass is 19.1. The largest absolute Gasteiger partial charge is 0.497 e. The number of ketones is 1. The Balaban J connectivity index is 1.76. The molecule has 1 N–H and O–H groups in total. The van der Waals surface area contributed by atoms with Gasteiger partial charge in [-0.05, 0) is 49.4 Å². The first-order chi connectivity index (χ1) is 15.9. The van der Waals surface area contributed by atoms with Gasteiger partial charge in [0.2, 0.25) is 0 Å². The Kier molecular flexibility index (Phi) is 6.63. The van der Waals surface area contributed by atoms with Crippen molar-refractivity contribution in [3.63, 3.8) is 0 Å². The Hall–Kier alpha value is -3.41. The van der Waals surface area contributed by atoms with Crippen LogP contribution in [0, 0.1) is 5.82 Å². The molecule has 0 spiro atoms. The highest BCUT2D eigenvalue weighted by Crippen LogP contribution is 2.46. The minimum Gasteiger partial charge on any atom is -0.497 e. The SMILES string of the molecule is CCCOC(=O)C1=C(C)NC2=C(C(=O)C[C@@H](c3ccc(OC)cc3)C2)[C@H]1c1ccccc1F. The van der Waals surface area contributed by atoms with Crippen molar-refractivity contribution in [3.05, 3.63) is 88.0 Å². The minimum atomic E-state index is -0.795. The van der Waals surface area contributed by atoms with E-state index in [1.54, 1.807) is 32.2 Å². The van der Waals surface area contributed by atoms with Gasteiger partial charge in [-0.15, -0.1) is 0 Å². The number of methoxy groups -OCH3 is 1. The summed E-state index contributed by atoms with van der Waals surface area (Å²) < 4.78 is 25.6. The number of rotatable bonds is 6. The number of allylic oxidation sites excluding steroid dienone is 3. The average molecular weight is 450 g/mol. The Bertz CT molecular complexity index is 1130. The molecule has 0 aromatic heterocycles. The Labute approximate surface area is 193 Å². The third-order valence-electron chi connectivity index (χ3n) is 6.29. The van der Waals surface area contributed by atoms with E-state index in [0.29, 0.717) is 35.2 Å². The van der Waals surface area contributed by atoms with Gasteiger partial charge in [0.1, 0.15) is 11.6 Å². The van der Waals surface area contributed by atoms with Crippen LogP contribution >= 0.6 is 0 Å². The van der Waals surface area contributed by atoms with Crippen LogP contribution in [0.3, 0.4) is 0 Å². The normalized spacial score (nSPS) is 20.3. The maximum Gasteiger partial charge on any atom is 0.336 e. The van der Waals surface area contributed by atoms with E-state index in [2.05, 4.69) is 5.32 Å². The van der Waals surface area contributed by atoms with Crippen LogP contribution < -0.4 is 10.1 Å². The van der Waals surface area contributed by atoms with E-state index in [4.69, 9.17) is 9.47 Å². The van der Waals surface area contributed by atoms with Gasteiger partial charge in [0.05, 0.1) is 25.2 Å². The fourth-order valence-electron chi connectivity index (χ4n) is 4.71. The maximum absolute atomic E-state index is 14.9. The molecule has 5 nitrogen and oxygen atoms in total. The molecular formula is C27H28FNO4. The number of esters is 1. The molecule has 0 fully saturated rings. The second kappa shape index (κ2) is 9.61. The van der Waals surface area contributed by atoms with Crippen molar-refractivity contribution in [1.29, 1.82) is 0 Å². The van der Waals surface area contributed by atoms with Crippen LogP contribution in [0.5, 0.6) is 5.75 Å². The molecule has 2 aliphatic rings. The number of benzene rings is 2. The molecule has 0 amide bonds. The number of Topliss-reactive ketones (excluding diaryl/α,β-unsaturated/α-hetero) is 1. The molecule has 2 aromatic rings. The molecule has 33 heavy (non-hydrogen) atoms. The molecule has 1 aliphatic carbocycles. The van der Waals surface area contributed by atoms with Gasteiger partial charge < -0.3 is 14.8 Å². The van der Waals surface area contributed by atoms with E-state index in [1.165, 1.54) is 6.07 Å². The monoisotopic (exact) mass is 449 g/mol. The quantitative estimate of drug-likeness (QED) is 0.618. The standard InChI is InChI=1S/C27H28FNO4/c1-4-13-33-27(31)24-16(2)29-22-14-18(17-9-11-19(32-3)12-10-17)15-23(30)26(22)25(24)20-7-5-6-8-21(20)28/h5-12,18,25,29H,4,13-15H2,1-3H3/t18-,25-/m0/s1. The van der Waals surface area contributed by atoms with Gasteiger partial charge >= 0.3 is 5.97 Å². The summed E-state index contributed by atoms with van der Waals surface area (Å²) in [6.07, 6.45) is 1.55. The van der Waals surface area contributed by atoms with Gasteiger partial charge in [-0.25, -0.2) is 9.18 Å². The zero-order valence-corrected chi connectivity index (χ0v) is 19.1. The van der Waals surface area contributed by atoms with Crippen LogP contribution in [0.15, 0.2) is 71.1 Å². The molecule has 1 heterocycles. The van der Waals surface area contributed by atoms with Crippen LogP contribution in [0.4, 0.5) is 4.39 Å². The van der Waals surface area contributed by atoms with E-state index in [0.717, 1.165) is 17.0 Å². The first-order valence-corrected chi connectivity index (χ1v) is 11.2. The lowest BCUT2D eigenvalue weighted by molar-refractivity contribution is -0.139. The Morgan fingerprint density at radius 3 is 2.52 bits per heavy atom. The summed E-state index contributed by atoms with van der Waals surface area (Å²) in [6.45, 7) is 3.95. The molecule has 0 radical (unpaired) electrons. The van der Waals surface area contributed by atoms with Gasteiger partial charge in [0.25, 0.3) is 0 Å². The molecule has 0 saturated heterocycles. The summed E-state index contributed by atoms with van der Waals surface area (Å²) in [4.78, 5) is 26.5. The van der Waals surface area contributed by atoms with E-state index in [-0.39, 0.29) is 24.7 Å². The molecule has 0 bridgehead atoms. The second-order valence-electron chi connectivity index (χ2n) is 8.45. The average Bonchev–Trinajstić information content (AvgIpc) is 2.82. The lowest BCUT2D eigenvalue weighted by Gasteiger charge is -2.36. The summed E-state index contributed by atoms with van der Waals surface area (Å²) in [6, 6.07) is 14.0. The molecule has 0 saturated carbocycles. The number of carbonyl (C=O) groups is 2. The van der Waals surface area contributed by atoms with Gasteiger partial charge in [-0.1, -0.05) is 37.3 Å². The molecule has 0 unspecified atom stereocenters. The Morgan fingerprint density at radius 2 is 1.85 bits per heavy atom. The smallest absolute Gasteiger partial charge is 0.336 e. The highest BCUT2D eigenvalue weighted by Gasteiger charge is 2.42. The molecule has 6 heteroatoms. The van der Waals surface area contributed by atoms with Crippen molar-refractivity contribution in [2.24, 2.45) is 0 Å². The van der Waals surface area contributed by atoms with Crippen molar-refractivity contribution in [1.82, 2.24) is 5.32 Å². The van der Waals surface area contributed by atoms with Crippen LogP contribution in [0.1, 0.15) is 56.1 Å². The van der Waals surface area contributed by atoms with Crippen LogP contribution in [-0.2, 0) is 14.3 Å². The van der Waals surface area contributed by atoms with Crippen LogP contribution in [0.25, 0.3) is 0 Å². The van der Waals surface area contributed by atoms with Crippen molar-refractivity contribution >= 4 is 11.8 Å². The predicted molar refractivity (Wildman–Crippen MR) is 123 cm³/mol. The van der Waals surface area contributed by atoms with E-state index in [9.17, 15) is 14.0 Å². The number of carbonyl (C=O) groups excluding carboxylic acids is 2. The molecule has 172 valence electrons. The first kappa shape index (κ1) is 22.8. The van der Waals surface area contributed by atoms with Gasteiger partial charge in [-0.2, -0.15) is 0 Å². The van der Waals surface area contributed by atoms with E-state index < -0.39 is 17.7 Å². The van der Waals surface area contributed by atoms with Crippen LogP contribution in [0.2, 0.25) is 0 Å². The lowest BCUT2D eigenvalue weighted by atomic mass is 9.71.